The lowest BCUT2D eigenvalue weighted by atomic mass is 9.84. The highest BCUT2D eigenvalue weighted by molar-refractivity contribution is 7.15. The van der Waals surface area contributed by atoms with Gasteiger partial charge in [-0.05, 0) is 31.0 Å². The highest BCUT2D eigenvalue weighted by atomic mass is 32.1. The fraction of sp³-hybridized carbons (Fsp3) is 0.529. The van der Waals surface area contributed by atoms with Crippen molar-refractivity contribution in [3.8, 4) is 10.6 Å². The Kier molecular flexibility index (Phi) is 4.18. The van der Waals surface area contributed by atoms with E-state index in [1.165, 1.54) is 16.2 Å². The molecule has 0 radical (unpaired) electrons. The summed E-state index contributed by atoms with van der Waals surface area (Å²) in [5.41, 5.74) is 1.08. The van der Waals surface area contributed by atoms with Gasteiger partial charge in [-0.15, -0.1) is 11.3 Å². The molecule has 0 bridgehead atoms. The van der Waals surface area contributed by atoms with Crippen molar-refractivity contribution in [3.63, 3.8) is 0 Å². The number of aromatic nitrogens is 2. The number of rotatable bonds is 4. The second-order valence-electron chi connectivity index (χ2n) is 6.47. The van der Waals surface area contributed by atoms with Crippen LogP contribution in [-0.4, -0.2) is 52.1 Å². The van der Waals surface area contributed by atoms with Crippen LogP contribution < -0.4 is 0 Å². The van der Waals surface area contributed by atoms with Crippen molar-refractivity contribution in [3.05, 3.63) is 29.3 Å². The number of hydrogen-bond donors (Lipinski definition) is 1. The number of carbonyl (C=O) groups excluding carboxylic acids is 1. The van der Waals surface area contributed by atoms with Crippen LogP contribution >= 0.6 is 11.3 Å². The van der Waals surface area contributed by atoms with Crippen LogP contribution in [0.25, 0.3) is 10.6 Å². The van der Waals surface area contributed by atoms with Gasteiger partial charge in [0.25, 0.3) is 0 Å². The topological polar surface area (TPSA) is 52.2 Å². The van der Waals surface area contributed by atoms with Gasteiger partial charge < -0.3 is 4.90 Å². The van der Waals surface area contributed by atoms with Crippen molar-refractivity contribution in [1.82, 2.24) is 20.0 Å². The quantitative estimate of drug-likeness (QED) is 0.937. The van der Waals surface area contributed by atoms with E-state index in [-0.39, 0.29) is 0 Å². The van der Waals surface area contributed by atoms with E-state index in [2.05, 4.69) is 32.1 Å². The summed E-state index contributed by atoms with van der Waals surface area (Å²) in [7, 11) is 0. The molecular formula is C17H22N4OS. The lowest BCUT2D eigenvalue weighted by Gasteiger charge is -2.38. The maximum atomic E-state index is 12.3. The van der Waals surface area contributed by atoms with Crippen molar-refractivity contribution in [2.45, 2.75) is 25.8 Å². The van der Waals surface area contributed by atoms with E-state index < -0.39 is 0 Å². The summed E-state index contributed by atoms with van der Waals surface area (Å²) in [6.07, 6.45) is 5.22. The van der Waals surface area contributed by atoms with E-state index in [1.54, 1.807) is 6.20 Å². The molecule has 1 amide bonds. The molecule has 0 aromatic carbocycles. The van der Waals surface area contributed by atoms with E-state index in [0.717, 1.165) is 51.3 Å². The van der Waals surface area contributed by atoms with Gasteiger partial charge in [0.2, 0.25) is 5.91 Å². The Morgan fingerprint density at radius 3 is 2.70 bits per heavy atom. The second-order valence-corrected chi connectivity index (χ2v) is 7.63. The smallest absolute Gasteiger partial charge is 0.225 e. The van der Waals surface area contributed by atoms with E-state index >= 15 is 0 Å². The molecule has 1 saturated carbocycles. The number of nitrogens with zero attached hydrogens (tertiary/aromatic N) is 3. The molecule has 3 heterocycles. The molecule has 2 aliphatic rings. The molecule has 1 aliphatic carbocycles. The van der Waals surface area contributed by atoms with Crippen molar-refractivity contribution in [2.24, 2.45) is 5.92 Å². The maximum absolute atomic E-state index is 12.3. The van der Waals surface area contributed by atoms with Crippen LogP contribution in [0, 0.1) is 5.92 Å². The molecule has 2 aromatic heterocycles. The fourth-order valence-electron chi connectivity index (χ4n) is 3.26. The standard InChI is InChI=1S/C17H22N4OS/c22-17(13-2-1-3-13)21-10-8-20(9-11-21)12-14-4-5-16(23-14)15-6-7-18-19-15/h4-7,13H,1-3,8-12H2,(H,18,19). The molecule has 122 valence electrons. The minimum absolute atomic E-state index is 0.329. The van der Waals surface area contributed by atoms with Gasteiger partial charge in [0, 0.05) is 49.7 Å². The van der Waals surface area contributed by atoms with Crippen molar-refractivity contribution >= 4 is 17.2 Å². The van der Waals surface area contributed by atoms with Gasteiger partial charge in [0.15, 0.2) is 0 Å². The molecule has 0 unspecified atom stereocenters. The van der Waals surface area contributed by atoms with Crippen LogP contribution in [0.1, 0.15) is 24.1 Å². The normalized spacial score (nSPS) is 19.7. The first kappa shape index (κ1) is 14.9. The average Bonchev–Trinajstić information content (AvgIpc) is 3.17. The highest BCUT2D eigenvalue weighted by Gasteiger charge is 2.31. The number of thiophene rings is 1. The van der Waals surface area contributed by atoms with Gasteiger partial charge >= 0.3 is 0 Å². The number of H-pyrrole nitrogens is 1. The third kappa shape index (κ3) is 3.19. The van der Waals surface area contributed by atoms with Crippen LogP contribution in [0.2, 0.25) is 0 Å². The highest BCUT2D eigenvalue weighted by Crippen LogP contribution is 2.29. The van der Waals surface area contributed by atoms with Crippen LogP contribution in [-0.2, 0) is 11.3 Å². The predicted octanol–water partition coefficient (Wildman–Crippen LogP) is 2.58. The Labute approximate surface area is 140 Å². The molecular weight excluding hydrogens is 308 g/mol. The average molecular weight is 330 g/mol. The summed E-state index contributed by atoms with van der Waals surface area (Å²) in [6, 6.07) is 6.36. The lowest BCUT2D eigenvalue weighted by Crippen LogP contribution is -2.50. The summed E-state index contributed by atoms with van der Waals surface area (Å²) >= 11 is 1.82. The van der Waals surface area contributed by atoms with Gasteiger partial charge in [-0.3, -0.25) is 14.8 Å². The minimum atomic E-state index is 0.329. The molecule has 2 fully saturated rings. The largest absolute Gasteiger partial charge is 0.340 e. The first-order valence-electron chi connectivity index (χ1n) is 8.39. The van der Waals surface area contributed by atoms with Gasteiger partial charge in [0.1, 0.15) is 0 Å². The van der Waals surface area contributed by atoms with Crippen LogP contribution in [0.3, 0.4) is 0 Å². The minimum Gasteiger partial charge on any atom is -0.340 e. The number of nitrogens with one attached hydrogen (secondary N) is 1. The SMILES string of the molecule is O=C(C1CCC1)N1CCN(Cc2ccc(-c3ccn[nH]3)s2)CC1. The molecule has 4 rings (SSSR count). The Morgan fingerprint density at radius 2 is 2.04 bits per heavy atom. The zero-order chi connectivity index (χ0) is 15.6. The number of piperazine rings is 1. The third-order valence-electron chi connectivity index (χ3n) is 4.95. The number of carbonyl (C=O) groups is 1. The Bertz CT molecular complexity index is 654. The van der Waals surface area contributed by atoms with E-state index in [4.69, 9.17) is 0 Å². The Balaban J connectivity index is 1.30. The van der Waals surface area contributed by atoms with E-state index in [1.807, 2.05) is 17.4 Å². The van der Waals surface area contributed by atoms with Crippen molar-refractivity contribution in [2.75, 3.05) is 26.2 Å². The second kappa shape index (κ2) is 6.45. The molecule has 23 heavy (non-hydrogen) atoms. The Hall–Kier alpha value is -1.66. The number of aromatic amines is 1. The van der Waals surface area contributed by atoms with Crippen LogP contribution in [0.5, 0.6) is 0 Å². The number of amides is 1. The number of hydrogen-bond acceptors (Lipinski definition) is 4. The lowest BCUT2D eigenvalue weighted by molar-refractivity contribution is -0.140. The molecule has 1 saturated heterocycles. The first-order chi connectivity index (χ1) is 11.3. The molecule has 2 aromatic rings. The van der Waals surface area contributed by atoms with E-state index in [9.17, 15) is 4.79 Å². The zero-order valence-electron chi connectivity index (χ0n) is 13.2. The fourth-order valence-corrected chi connectivity index (χ4v) is 4.29. The van der Waals surface area contributed by atoms with Crippen LogP contribution in [0.4, 0.5) is 0 Å². The van der Waals surface area contributed by atoms with Gasteiger partial charge in [0.05, 0.1) is 10.6 Å². The summed E-state index contributed by atoms with van der Waals surface area (Å²) in [5.74, 6) is 0.726. The van der Waals surface area contributed by atoms with E-state index in [0.29, 0.717) is 11.8 Å². The summed E-state index contributed by atoms with van der Waals surface area (Å²) in [5, 5.41) is 7.02. The molecule has 6 heteroatoms. The molecule has 0 atom stereocenters. The third-order valence-corrected chi connectivity index (χ3v) is 6.05. The summed E-state index contributed by atoms with van der Waals surface area (Å²) < 4.78 is 0. The summed E-state index contributed by atoms with van der Waals surface area (Å²) in [4.78, 5) is 19.4. The molecule has 1 aliphatic heterocycles. The van der Waals surface area contributed by atoms with Gasteiger partial charge in [-0.2, -0.15) is 5.10 Å². The molecule has 0 spiro atoms. The summed E-state index contributed by atoms with van der Waals surface area (Å²) in [6.45, 7) is 4.71. The molecule has 5 nitrogen and oxygen atoms in total. The van der Waals surface area contributed by atoms with Crippen molar-refractivity contribution < 1.29 is 4.79 Å². The van der Waals surface area contributed by atoms with Gasteiger partial charge in [-0.1, -0.05) is 6.42 Å². The van der Waals surface area contributed by atoms with Gasteiger partial charge in [-0.25, -0.2) is 0 Å². The predicted molar refractivity (Wildman–Crippen MR) is 91.1 cm³/mol. The molecule has 1 N–H and O–H groups in total. The first-order valence-corrected chi connectivity index (χ1v) is 9.21. The van der Waals surface area contributed by atoms with Crippen LogP contribution in [0.15, 0.2) is 24.4 Å². The maximum Gasteiger partial charge on any atom is 0.225 e. The Morgan fingerprint density at radius 1 is 1.22 bits per heavy atom. The zero-order valence-corrected chi connectivity index (χ0v) is 14.0. The van der Waals surface area contributed by atoms with Crippen molar-refractivity contribution in [1.29, 1.82) is 0 Å². The monoisotopic (exact) mass is 330 g/mol.